The van der Waals surface area contributed by atoms with Crippen LogP contribution in [-0.4, -0.2) is 29.8 Å². The number of carbonyl (C=O) groups excluding carboxylic acids is 2. The molecule has 2 fully saturated rings. The van der Waals surface area contributed by atoms with E-state index in [9.17, 15) is 9.59 Å². The van der Waals surface area contributed by atoms with Gasteiger partial charge in [-0.25, -0.2) is 0 Å². The van der Waals surface area contributed by atoms with Crippen LogP contribution in [-0.2, 0) is 9.59 Å². The van der Waals surface area contributed by atoms with Crippen LogP contribution in [0.4, 0.5) is 5.69 Å². The van der Waals surface area contributed by atoms with E-state index in [1.54, 1.807) is 0 Å². The third kappa shape index (κ3) is 3.46. The van der Waals surface area contributed by atoms with Gasteiger partial charge in [-0.3, -0.25) is 9.59 Å². The van der Waals surface area contributed by atoms with Crippen molar-refractivity contribution in [2.45, 2.75) is 25.7 Å². The molecule has 1 saturated heterocycles. The monoisotopic (exact) mass is 350 g/mol. The highest BCUT2D eigenvalue weighted by atomic mass is 79.9. The van der Waals surface area contributed by atoms with Crippen molar-refractivity contribution >= 4 is 33.4 Å². The molecule has 5 heteroatoms. The minimum atomic E-state index is -0.150. The number of carbonyl (C=O) groups is 2. The number of anilines is 1. The van der Waals surface area contributed by atoms with Gasteiger partial charge < -0.3 is 10.2 Å². The standard InChI is InChI=1S/C16H19BrN2O2/c17-11-4-6-12(7-5-11)18-15(20)13-10-14(13)16(21)19-8-2-1-3-9-19/h4-7,13-14H,1-3,8-10H2,(H,18,20). The number of hydrogen-bond donors (Lipinski definition) is 1. The van der Waals surface area contributed by atoms with Gasteiger partial charge in [-0.15, -0.1) is 0 Å². The van der Waals surface area contributed by atoms with Gasteiger partial charge in [0.1, 0.15) is 0 Å². The summed E-state index contributed by atoms with van der Waals surface area (Å²) in [5.41, 5.74) is 0.777. The fourth-order valence-corrected chi connectivity index (χ4v) is 3.14. The molecule has 4 nitrogen and oxygen atoms in total. The quantitative estimate of drug-likeness (QED) is 0.910. The molecule has 2 atom stereocenters. The predicted molar refractivity (Wildman–Crippen MR) is 84.8 cm³/mol. The summed E-state index contributed by atoms with van der Waals surface area (Å²) in [6.45, 7) is 1.72. The average molecular weight is 351 g/mol. The largest absolute Gasteiger partial charge is 0.342 e. The number of nitrogens with one attached hydrogen (secondary N) is 1. The van der Waals surface area contributed by atoms with E-state index in [1.807, 2.05) is 29.2 Å². The lowest BCUT2D eigenvalue weighted by molar-refractivity contribution is -0.134. The van der Waals surface area contributed by atoms with Crippen LogP contribution in [0.5, 0.6) is 0 Å². The minimum absolute atomic E-state index is 0.0346. The Morgan fingerprint density at radius 3 is 2.38 bits per heavy atom. The van der Waals surface area contributed by atoms with E-state index in [-0.39, 0.29) is 23.7 Å². The van der Waals surface area contributed by atoms with Crippen LogP contribution in [0.15, 0.2) is 28.7 Å². The third-order valence-corrected chi connectivity index (χ3v) is 4.75. The number of hydrogen-bond acceptors (Lipinski definition) is 2. The Balaban J connectivity index is 1.53. The molecule has 1 saturated carbocycles. The van der Waals surface area contributed by atoms with Crippen LogP contribution in [0, 0.1) is 11.8 Å². The fraction of sp³-hybridized carbons (Fsp3) is 0.500. The molecule has 1 aromatic carbocycles. The van der Waals surface area contributed by atoms with Gasteiger partial charge in [-0.1, -0.05) is 15.9 Å². The summed E-state index contributed by atoms with van der Waals surface area (Å²) in [4.78, 5) is 26.4. The molecule has 2 amide bonds. The Morgan fingerprint density at radius 2 is 1.71 bits per heavy atom. The minimum Gasteiger partial charge on any atom is -0.342 e. The summed E-state index contributed by atoms with van der Waals surface area (Å²) in [5.74, 6) is -0.111. The molecular weight excluding hydrogens is 332 g/mol. The molecule has 3 rings (SSSR count). The molecule has 2 aliphatic rings. The van der Waals surface area contributed by atoms with Crippen molar-refractivity contribution in [3.8, 4) is 0 Å². The maximum Gasteiger partial charge on any atom is 0.228 e. The molecular formula is C16H19BrN2O2. The molecule has 1 N–H and O–H groups in total. The van der Waals surface area contributed by atoms with Gasteiger partial charge in [0, 0.05) is 23.2 Å². The first kappa shape index (κ1) is 14.6. The maximum absolute atomic E-state index is 12.3. The smallest absolute Gasteiger partial charge is 0.228 e. The lowest BCUT2D eigenvalue weighted by Gasteiger charge is -2.26. The highest BCUT2D eigenvalue weighted by Gasteiger charge is 2.49. The van der Waals surface area contributed by atoms with Crippen molar-refractivity contribution < 1.29 is 9.59 Å². The summed E-state index contributed by atoms with van der Waals surface area (Å²) in [7, 11) is 0. The zero-order chi connectivity index (χ0) is 14.8. The van der Waals surface area contributed by atoms with E-state index in [2.05, 4.69) is 21.2 Å². The molecule has 21 heavy (non-hydrogen) atoms. The maximum atomic E-state index is 12.3. The van der Waals surface area contributed by atoms with Crippen molar-refractivity contribution in [1.82, 2.24) is 4.90 Å². The fourth-order valence-electron chi connectivity index (χ4n) is 2.87. The van der Waals surface area contributed by atoms with Crippen LogP contribution in [0.3, 0.4) is 0 Å². The number of nitrogens with zero attached hydrogens (tertiary/aromatic N) is 1. The SMILES string of the molecule is O=C(Nc1ccc(Br)cc1)C1CC1C(=O)N1CCCCC1. The van der Waals surface area contributed by atoms with Crippen molar-refractivity contribution in [1.29, 1.82) is 0 Å². The Kier molecular flexibility index (Phi) is 4.29. The first-order chi connectivity index (χ1) is 10.1. The Morgan fingerprint density at radius 1 is 1.05 bits per heavy atom. The summed E-state index contributed by atoms with van der Waals surface area (Å²) >= 11 is 3.36. The molecule has 1 aliphatic heterocycles. The van der Waals surface area contributed by atoms with Crippen LogP contribution in [0.2, 0.25) is 0 Å². The zero-order valence-electron chi connectivity index (χ0n) is 11.8. The van der Waals surface area contributed by atoms with Gasteiger partial charge in [-0.05, 0) is 49.9 Å². The second kappa shape index (κ2) is 6.18. The Hall–Kier alpha value is -1.36. The number of rotatable bonds is 3. The number of amides is 2. The van der Waals surface area contributed by atoms with Gasteiger partial charge in [0.25, 0.3) is 0 Å². The summed E-state index contributed by atoms with van der Waals surface area (Å²) in [5, 5.41) is 2.89. The van der Waals surface area contributed by atoms with E-state index in [4.69, 9.17) is 0 Å². The first-order valence-electron chi connectivity index (χ1n) is 7.50. The van der Waals surface area contributed by atoms with Crippen LogP contribution >= 0.6 is 15.9 Å². The van der Waals surface area contributed by atoms with Crippen LogP contribution in [0.1, 0.15) is 25.7 Å². The van der Waals surface area contributed by atoms with Gasteiger partial charge in [0.15, 0.2) is 0 Å². The lowest BCUT2D eigenvalue weighted by Crippen LogP contribution is -2.37. The van der Waals surface area contributed by atoms with Crippen molar-refractivity contribution in [2.75, 3.05) is 18.4 Å². The Bertz CT molecular complexity index is 538. The molecule has 0 radical (unpaired) electrons. The third-order valence-electron chi connectivity index (χ3n) is 4.22. The Labute approximate surface area is 133 Å². The molecule has 1 aliphatic carbocycles. The van der Waals surface area contributed by atoms with Gasteiger partial charge in [0.2, 0.25) is 11.8 Å². The number of benzene rings is 1. The molecule has 0 spiro atoms. The molecule has 1 heterocycles. The van der Waals surface area contributed by atoms with E-state index < -0.39 is 0 Å². The lowest BCUT2D eigenvalue weighted by atomic mass is 10.1. The topological polar surface area (TPSA) is 49.4 Å². The van der Waals surface area contributed by atoms with Gasteiger partial charge in [-0.2, -0.15) is 0 Å². The van der Waals surface area contributed by atoms with Crippen molar-refractivity contribution in [2.24, 2.45) is 11.8 Å². The number of piperidine rings is 1. The second-order valence-electron chi connectivity index (χ2n) is 5.83. The van der Waals surface area contributed by atoms with Crippen molar-refractivity contribution in [3.05, 3.63) is 28.7 Å². The van der Waals surface area contributed by atoms with E-state index >= 15 is 0 Å². The summed E-state index contributed by atoms with van der Waals surface area (Å²) in [6.07, 6.45) is 4.09. The highest BCUT2D eigenvalue weighted by Crippen LogP contribution is 2.41. The van der Waals surface area contributed by atoms with Crippen LogP contribution in [0.25, 0.3) is 0 Å². The second-order valence-corrected chi connectivity index (χ2v) is 6.75. The van der Waals surface area contributed by atoms with E-state index in [0.717, 1.165) is 36.1 Å². The predicted octanol–water partition coefficient (Wildman–Crippen LogP) is 3.04. The molecule has 0 bridgehead atoms. The summed E-state index contributed by atoms with van der Waals surface area (Å²) in [6, 6.07) is 7.48. The highest BCUT2D eigenvalue weighted by molar-refractivity contribution is 9.10. The summed E-state index contributed by atoms with van der Waals surface area (Å²) < 4.78 is 0.977. The molecule has 112 valence electrons. The number of halogens is 1. The first-order valence-corrected chi connectivity index (χ1v) is 8.29. The zero-order valence-corrected chi connectivity index (χ0v) is 13.4. The van der Waals surface area contributed by atoms with Crippen LogP contribution < -0.4 is 5.32 Å². The average Bonchev–Trinajstić information content (AvgIpc) is 3.30. The van der Waals surface area contributed by atoms with Gasteiger partial charge in [0.05, 0.1) is 11.8 Å². The number of likely N-dealkylation sites (tertiary alicyclic amines) is 1. The normalized spacial score (nSPS) is 24.5. The molecule has 2 unspecified atom stereocenters. The molecule has 1 aromatic rings. The van der Waals surface area contributed by atoms with E-state index in [1.165, 1.54) is 6.42 Å². The van der Waals surface area contributed by atoms with Gasteiger partial charge >= 0.3 is 0 Å². The molecule has 0 aromatic heterocycles. The van der Waals surface area contributed by atoms with Crippen molar-refractivity contribution in [3.63, 3.8) is 0 Å². The van der Waals surface area contributed by atoms with E-state index in [0.29, 0.717) is 6.42 Å².